The van der Waals surface area contributed by atoms with Crippen LogP contribution in [0.4, 0.5) is 11.8 Å². The molecule has 0 atom stereocenters. The first-order chi connectivity index (χ1) is 7.19. The van der Waals surface area contributed by atoms with Crippen molar-refractivity contribution in [3.63, 3.8) is 0 Å². The fourth-order valence-electron chi connectivity index (χ4n) is 1.60. The van der Waals surface area contributed by atoms with Gasteiger partial charge in [0.05, 0.1) is 6.20 Å². The van der Waals surface area contributed by atoms with Gasteiger partial charge in [0.1, 0.15) is 5.52 Å². The van der Waals surface area contributed by atoms with Gasteiger partial charge in [-0.3, -0.25) is 5.01 Å². The van der Waals surface area contributed by atoms with E-state index in [4.69, 9.17) is 11.5 Å². The zero-order valence-corrected chi connectivity index (χ0v) is 8.88. The molecule has 0 aliphatic heterocycles. The Hall–Kier alpha value is -1.92. The Balaban J connectivity index is 2.61. The van der Waals surface area contributed by atoms with Gasteiger partial charge in [0, 0.05) is 13.1 Å². The minimum absolute atomic E-state index is 0.354. The van der Waals surface area contributed by atoms with Gasteiger partial charge in [0.2, 0.25) is 5.95 Å². The number of fused-ring (bicyclic) bond motifs is 1. The molecule has 0 saturated heterocycles. The lowest BCUT2D eigenvalue weighted by molar-refractivity contribution is 0.470. The third-order valence-electron chi connectivity index (χ3n) is 2.39. The van der Waals surface area contributed by atoms with E-state index in [9.17, 15) is 0 Å². The average molecular weight is 209 g/mol. The number of rotatable bonds is 3. The van der Waals surface area contributed by atoms with Crippen molar-refractivity contribution in [1.82, 2.24) is 19.5 Å². The fraction of sp³-hybridized carbons (Fsp3) is 0.500. The van der Waals surface area contributed by atoms with Crippen molar-refractivity contribution in [3.8, 4) is 0 Å². The van der Waals surface area contributed by atoms with Crippen molar-refractivity contribution in [3.05, 3.63) is 6.20 Å². The molecule has 0 amide bonds. The van der Waals surface area contributed by atoms with Gasteiger partial charge in [-0.05, 0) is 13.8 Å². The standard InChI is InChI=1S/C8H15N7/c1-3-13(4-2)15-11-5-6-7(9)12-8(10)14(6)15/h5H,3-4,9H2,1-2H3,(H2,10,12). The quantitative estimate of drug-likeness (QED) is 0.722. The van der Waals surface area contributed by atoms with E-state index in [1.165, 1.54) is 0 Å². The second-order valence-corrected chi connectivity index (χ2v) is 3.20. The number of nitrogens with zero attached hydrogens (tertiary/aromatic N) is 5. The Morgan fingerprint density at radius 3 is 2.60 bits per heavy atom. The smallest absolute Gasteiger partial charge is 0.225 e. The van der Waals surface area contributed by atoms with E-state index in [0.717, 1.165) is 18.6 Å². The van der Waals surface area contributed by atoms with Crippen LogP contribution in [-0.2, 0) is 0 Å². The summed E-state index contributed by atoms with van der Waals surface area (Å²) in [6, 6.07) is 0. The molecule has 0 aliphatic rings. The highest BCUT2D eigenvalue weighted by Crippen LogP contribution is 2.15. The van der Waals surface area contributed by atoms with E-state index >= 15 is 0 Å². The monoisotopic (exact) mass is 209 g/mol. The Labute approximate surface area is 87.2 Å². The summed E-state index contributed by atoms with van der Waals surface area (Å²) < 4.78 is 1.70. The van der Waals surface area contributed by atoms with Crippen LogP contribution in [0.3, 0.4) is 0 Å². The molecule has 0 radical (unpaired) electrons. The van der Waals surface area contributed by atoms with Crippen LogP contribution in [-0.4, -0.2) is 32.6 Å². The Bertz CT molecular complexity index is 464. The summed E-state index contributed by atoms with van der Waals surface area (Å²) >= 11 is 0. The highest BCUT2D eigenvalue weighted by atomic mass is 15.8. The minimum Gasteiger partial charge on any atom is -0.382 e. The zero-order valence-electron chi connectivity index (χ0n) is 8.88. The lowest BCUT2D eigenvalue weighted by Crippen LogP contribution is -2.38. The molecule has 0 aromatic carbocycles. The number of aromatic nitrogens is 4. The highest BCUT2D eigenvalue weighted by molar-refractivity contribution is 5.67. The predicted molar refractivity (Wildman–Crippen MR) is 59.1 cm³/mol. The van der Waals surface area contributed by atoms with Gasteiger partial charge in [0.25, 0.3) is 0 Å². The first-order valence-corrected chi connectivity index (χ1v) is 4.92. The Kier molecular flexibility index (Phi) is 2.14. The van der Waals surface area contributed by atoms with E-state index in [1.54, 1.807) is 15.6 Å². The fourth-order valence-corrected chi connectivity index (χ4v) is 1.60. The van der Waals surface area contributed by atoms with E-state index in [-0.39, 0.29) is 0 Å². The summed E-state index contributed by atoms with van der Waals surface area (Å²) in [6.07, 6.45) is 1.66. The van der Waals surface area contributed by atoms with Crippen molar-refractivity contribution < 1.29 is 0 Å². The number of hydrogen-bond acceptors (Lipinski definition) is 5. The highest BCUT2D eigenvalue weighted by Gasteiger charge is 2.13. The second-order valence-electron chi connectivity index (χ2n) is 3.20. The minimum atomic E-state index is 0.354. The van der Waals surface area contributed by atoms with Gasteiger partial charge in [0.15, 0.2) is 5.82 Å². The third kappa shape index (κ3) is 1.27. The molecule has 2 heterocycles. The molecule has 7 heteroatoms. The van der Waals surface area contributed by atoms with Crippen LogP contribution in [0, 0.1) is 0 Å². The van der Waals surface area contributed by atoms with Crippen molar-refractivity contribution in [2.75, 3.05) is 29.6 Å². The maximum atomic E-state index is 5.75. The van der Waals surface area contributed by atoms with Gasteiger partial charge in [-0.1, -0.05) is 0 Å². The van der Waals surface area contributed by atoms with Crippen molar-refractivity contribution in [1.29, 1.82) is 0 Å². The summed E-state index contributed by atoms with van der Waals surface area (Å²) in [7, 11) is 0. The third-order valence-corrected chi connectivity index (χ3v) is 2.39. The summed E-state index contributed by atoms with van der Waals surface area (Å²) in [5.74, 6) is 0.762. The molecule has 82 valence electrons. The van der Waals surface area contributed by atoms with Gasteiger partial charge >= 0.3 is 0 Å². The lowest BCUT2D eigenvalue weighted by Gasteiger charge is -2.20. The normalized spacial score (nSPS) is 11.1. The molecular weight excluding hydrogens is 194 g/mol. The zero-order chi connectivity index (χ0) is 11.0. The SMILES string of the molecule is CCN(CC)n1ncc2c(N)nc(N)n21. The Morgan fingerprint density at radius 2 is 2.00 bits per heavy atom. The molecule has 2 aromatic rings. The molecule has 0 unspecified atom stereocenters. The molecule has 4 N–H and O–H groups in total. The summed E-state index contributed by atoms with van der Waals surface area (Å²) in [5.41, 5.74) is 12.2. The van der Waals surface area contributed by atoms with E-state index < -0.39 is 0 Å². The molecule has 0 bridgehead atoms. The molecule has 7 nitrogen and oxygen atoms in total. The first kappa shape index (κ1) is 9.63. The topological polar surface area (TPSA) is 90.4 Å². The molecule has 2 rings (SSSR count). The molecule has 0 fully saturated rings. The number of nitrogens with two attached hydrogens (primary N) is 2. The maximum Gasteiger partial charge on any atom is 0.225 e. The van der Waals surface area contributed by atoms with Crippen LogP contribution < -0.4 is 16.5 Å². The van der Waals surface area contributed by atoms with Crippen LogP contribution in [0.25, 0.3) is 5.52 Å². The summed E-state index contributed by atoms with van der Waals surface area (Å²) in [4.78, 5) is 5.68. The van der Waals surface area contributed by atoms with Crippen LogP contribution in [0.15, 0.2) is 6.20 Å². The first-order valence-electron chi connectivity index (χ1n) is 4.92. The van der Waals surface area contributed by atoms with Crippen molar-refractivity contribution >= 4 is 17.3 Å². The van der Waals surface area contributed by atoms with Crippen molar-refractivity contribution in [2.24, 2.45) is 0 Å². The van der Waals surface area contributed by atoms with Crippen LogP contribution in [0.1, 0.15) is 13.8 Å². The van der Waals surface area contributed by atoms with E-state index in [0.29, 0.717) is 11.8 Å². The number of anilines is 2. The largest absolute Gasteiger partial charge is 0.382 e. The summed E-state index contributed by atoms with van der Waals surface area (Å²) in [6.45, 7) is 5.77. The van der Waals surface area contributed by atoms with Crippen molar-refractivity contribution in [2.45, 2.75) is 13.8 Å². The van der Waals surface area contributed by atoms with E-state index in [1.807, 2.05) is 18.9 Å². The molecule has 0 spiro atoms. The maximum absolute atomic E-state index is 5.75. The van der Waals surface area contributed by atoms with Crippen LogP contribution in [0.2, 0.25) is 0 Å². The number of nitrogen functional groups attached to an aromatic ring is 2. The number of imidazole rings is 1. The second kappa shape index (κ2) is 3.34. The van der Waals surface area contributed by atoms with Gasteiger partial charge < -0.3 is 11.5 Å². The van der Waals surface area contributed by atoms with Gasteiger partial charge in [-0.15, -0.1) is 10.0 Å². The van der Waals surface area contributed by atoms with E-state index in [2.05, 4.69) is 10.1 Å². The average Bonchev–Trinajstić information content (AvgIpc) is 2.74. The number of hydrogen-bond donors (Lipinski definition) is 2. The molecular formula is C8H15N7. The predicted octanol–water partition coefficient (Wildman–Crippen LogP) is -0.327. The van der Waals surface area contributed by atoms with Gasteiger partial charge in [-0.2, -0.15) is 9.50 Å². The van der Waals surface area contributed by atoms with Gasteiger partial charge in [-0.25, -0.2) is 0 Å². The van der Waals surface area contributed by atoms with Crippen LogP contribution >= 0.6 is 0 Å². The molecule has 0 aliphatic carbocycles. The summed E-state index contributed by atoms with van der Waals surface area (Å²) in [5, 5.41) is 6.24. The van der Waals surface area contributed by atoms with Crippen LogP contribution in [0.5, 0.6) is 0 Å². The Morgan fingerprint density at radius 1 is 1.33 bits per heavy atom. The lowest BCUT2D eigenvalue weighted by atomic mass is 10.6. The molecule has 2 aromatic heterocycles. The molecule has 0 saturated carbocycles. The molecule has 15 heavy (non-hydrogen) atoms.